The first kappa shape index (κ1) is 25.4. The summed E-state index contributed by atoms with van der Waals surface area (Å²) in [5.41, 5.74) is 4.02. The van der Waals surface area contributed by atoms with E-state index in [1.165, 1.54) is 49.7 Å². The highest BCUT2D eigenvalue weighted by Gasteiger charge is 2.50. The Balaban J connectivity index is 0.00000320. The second-order valence-corrected chi connectivity index (χ2v) is 11.2. The second kappa shape index (κ2) is 10.1. The number of hydrogen-bond acceptors (Lipinski definition) is 2. The van der Waals surface area contributed by atoms with Gasteiger partial charge in [-0.15, -0.1) is 0 Å². The van der Waals surface area contributed by atoms with E-state index in [-0.39, 0.29) is 11.6 Å². The number of allylic oxidation sites excluding steroid dienone is 4. The monoisotopic (exact) mass is 418 g/mol. The largest absolute Gasteiger partial charge is 0.412 e. The zero-order chi connectivity index (χ0) is 21.2. The first-order chi connectivity index (χ1) is 13.6. The molecule has 3 rings (SSSR count). The van der Waals surface area contributed by atoms with Gasteiger partial charge in [-0.2, -0.15) is 0 Å². The molecule has 4 N–H and O–H groups in total. The molecule has 0 saturated heterocycles. The lowest BCUT2D eigenvalue weighted by molar-refractivity contribution is 0.0596. The van der Waals surface area contributed by atoms with Crippen LogP contribution in [0.4, 0.5) is 0 Å². The van der Waals surface area contributed by atoms with E-state index >= 15 is 0 Å². The maximum absolute atomic E-state index is 10.0. The summed E-state index contributed by atoms with van der Waals surface area (Å²) in [7, 11) is 0. The number of aliphatic hydroxyl groups is 2. The van der Waals surface area contributed by atoms with E-state index in [2.05, 4.69) is 32.6 Å². The maximum atomic E-state index is 10.0. The average molecular weight is 419 g/mol. The molecule has 3 aliphatic carbocycles. The summed E-state index contributed by atoms with van der Waals surface area (Å²) in [4.78, 5) is 0. The molecule has 0 amide bonds. The molecule has 0 bridgehead atoms. The Morgan fingerprint density at radius 3 is 2.63 bits per heavy atom. The summed E-state index contributed by atoms with van der Waals surface area (Å²) in [5.74, 6) is 2.26. The molecule has 3 fully saturated rings. The SMILES string of the molecule is C=C1CC[C@H](O)C/C1=C/C=C1/CCC[C@]2(C)[C@@H]([C@H](C)CCCC(C)(C)O)CC[C@@H]12.O. The number of rotatable bonds is 6. The average Bonchev–Trinajstić information content (AvgIpc) is 2.99. The van der Waals surface area contributed by atoms with Crippen molar-refractivity contribution in [2.75, 3.05) is 0 Å². The Kier molecular flexibility index (Phi) is 8.58. The fraction of sp³-hybridized carbons (Fsp3) is 0.778. The van der Waals surface area contributed by atoms with Gasteiger partial charge in [0.25, 0.3) is 0 Å². The molecule has 0 radical (unpaired) electrons. The van der Waals surface area contributed by atoms with Crippen LogP contribution < -0.4 is 0 Å². The zero-order valence-corrected chi connectivity index (χ0v) is 19.8. The summed E-state index contributed by atoms with van der Waals surface area (Å²) in [6.45, 7) is 13.1. The van der Waals surface area contributed by atoms with Crippen LogP contribution >= 0.6 is 0 Å². The van der Waals surface area contributed by atoms with E-state index in [0.29, 0.717) is 5.41 Å². The van der Waals surface area contributed by atoms with Crippen molar-refractivity contribution in [3.8, 4) is 0 Å². The highest BCUT2D eigenvalue weighted by Crippen LogP contribution is 2.60. The van der Waals surface area contributed by atoms with Gasteiger partial charge in [0.1, 0.15) is 0 Å². The summed E-state index contributed by atoms with van der Waals surface area (Å²) in [5, 5.41) is 20.1. The molecular formula is C27H46O3. The minimum atomic E-state index is -0.535. The predicted molar refractivity (Wildman–Crippen MR) is 126 cm³/mol. The van der Waals surface area contributed by atoms with E-state index in [9.17, 15) is 10.2 Å². The van der Waals surface area contributed by atoms with E-state index < -0.39 is 5.60 Å². The van der Waals surface area contributed by atoms with E-state index in [1.54, 1.807) is 5.57 Å². The summed E-state index contributed by atoms with van der Waals surface area (Å²) in [6.07, 6.45) is 16.9. The van der Waals surface area contributed by atoms with Crippen molar-refractivity contribution in [1.29, 1.82) is 0 Å². The summed E-state index contributed by atoms with van der Waals surface area (Å²) < 4.78 is 0. The van der Waals surface area contributed by atoms with Crippen LogP contribution in [0, 0.1) is 23.2 Å². The topological polar surface area (TPSA) is 72.0 Å². The van der Waals surface area contributed by atoms with Gasteiger partial charge in [-0.05, 0) is 100 Å². The van der Waals surface area contributed by atoms with Crippen molar-refractivity contribution in [1.82, 2.24) is 0 Å². The molecule has 3 saturated carbocycles. The van der Waals surface area contributed by atoms with Crippen molar-refractivity contribution in [3.05, 3.63) is 35.5 Å². The third kappa shape index (κ3) is 5.87. The van der Waals surface area contributed by atoms with Gasteiger partial charge in [0.05, 0.1) is 11.7 Å². The lowest BCUT2D eigenvalue weighted by Gasteiger charge is -2.44. The van der Waals surface area contributed by atoms with Crippen LogP contribution in [0.25, 0.3) is 0 Å². The zero-order valence-electron chi connectivity index (χ0n) is 19.8. The van der Waals surface area contributed by atoms with Crippen molar-refractivity contribution in [2.45, 2.75) is 110 Å². The smallest absolute Gasteiger partial charge is 0.0591 e. The Hall–Kier alpha value is -0.900. The van der Waals surface area contributed by atoms with Crippen LogP contribution in [0.5, 0.6) is 0 Å². The van der Waals surface area contributed by atoms with E-state index in [4.69, 9.17) is 0 Å². The fourth-order valence-electron chi connectivity index (χ4n) is 6.67. The Labute approximate surface area is 184 Å². The minimum absolute atomic E-state index is 0. The molecule has 3 nitrogen and oxygen atoms in total. The molecule has 0 spiro atoms. The van der Waals surface area contributed by atoms with Gasteiger partial charge >= 0.3 is 0 Å². The molecular weight excluding hydrogens is 372 g/mol. The van der Waals surface area contributed by atoms with E-state index in [0.717, 1.165) is 49.9 Å². The molecule has 30 heavy (non-hydrogen) atoms. The Bertz CT molecular complexity index is 654. The van der Waals surface area contributed by atoms with Crippen LogP contribution in [-0.4, -0.2) is 27.4 Å². The van der Waals surface area contributed by atoms with Crippen molar-refractivity contribution in [3.63, 3.8) is 0 Å². The Morgan fingerprint density at radius 1 is 1.20 bits per heavy atom. The van der Waals surface area contributed by atoms with Crippen LogP contribution in [-0.2, 0) is 0 Å². The highest BCUT2D eigenvalue weighted by molar-refractivity contribution is 5.36. The molecule has 3 aliphatic rings. The molecule has 0 aromatic rings. The third-order valence-electron chi connectivity index (χ3n) is 8.36. The van der Waals surface area contributed by atoms with Gasteiger partial charge in [-0.25, -0.2) is 0 Å². The fourth-order valence-corrected chi connectivity index (χ4v) is 6.67. The minimum Gasteiger partial charge on any atom is -0.412 e. The lowest BCUT2D eigenvalue weighted by atomic mass is 9.60. The molecule has 3 heteroatoms. The van der Waals surface area contributed by atoms with Crippen molar-refractivity contribution >= 4 is 0 Å². The maximum Gasteiger partial charge on any atom is 0.0591 e. The number of fused-ring (bicyclic) bond motifs is 1. The lowest BCUT2D eigenvalue weighted by Crippen LogP contribution is -2.36. The van der Waals surface area contributed by atoms with Crippen LogP contribution in [0.15, 0.2) is 35.5 Å². The summed E-state index contributed by atoms with van der Waals surface area (Å²) in [6, 6.07) is 0. The van der Waals surface area contributed by atoms with Crippen LogP contribution in [0.1, 0.15) is 98.3 Å². The van der Waals surface area contributed by atoms with Gasteiger partial charge in [-0.3, -0.25) is 0 Å². The highest BCUT2D eigenvalue weighted by atomic mass is 16.3. The van der Waals surface area contributed by atoms with Crippen LogP contribution in [0.3, 0.4) is 0 Å². The van der Waals surface area contributed by atoms with Crippen LogP contribution in [0.2, 0.25) is 0 Å². The molecule has 0 aliphatic heterocycles. The van der Waals surface area contributed by atoms with Crippen molar-refractivity contribution < 1.29 is 15.7 Å². The first-order valence-electron chi connectivity index (χ1n) is 12.1. The van der Waals surface area contributed by atoms with Gasteiger partial charge in [0, 0.05) is 0 Å². The third-order valence-corrected chi connectivity index (χ3v) is 8.36. The van der Waals surface area contributed by atoms with Crippen molar-refractivity contribution in [2.24, 2.45) is 23.2 Å². The van der Waals surface area contributed by atoms with Gasteiger partial charge in [0.15, 0.2) is 0 Å². The standard InChI is InChI=1S/C27H44O2.H2O/c1-19-10-13-23(28)18-22(19)12-11-21-9-7-17-27(5)24(14-15-25(21)27)20(2)8-6-16-26(3,4)29;/h11-12,20,23-25,28-29H,1,6-10,13-18H2,2-5H3;1H2/b21-11-,22-12-;/t20-,23+,24-,25+,27-;/m1./s1. The molecule has 5 atom stereocenters. The molecule has 0 aromatic carbocycles. The number of aliphatic hydroxyl groups excluding tert-OH is 1. The van der Waals surface area contributed by atoms with Gasteiger partial charge < -0.3 is 15.7 Å². The first-order valence-corrected chi connectivity index (χ1v) is 12.1. The molecule has 0 unspecified atom stereocenters. The molecule has 0 heterocycles. The quantitative estimate of drug-likeness (QED) is 0.563. The molecule has 0 aromatic heterocycles. The predicted octanol–water partition coefficient (Wildman–Crippen LogP) is 5.91. The second-order valence-electron chi connectivity index (χ2n) is 11.2. The van der Waals surface area contributed by atoms with E-state index in [1.807, 2.05) is 13.8 Å². The van der Waals surface area contributed by atoms with Gasteiger partial charge in [0.2, 0.25) is 0 Å². The number of hydrogen-bond donors (Lipinski definition) is 2. The normalized spacial score (nSPS) is 35.9. The summed E-state index contributed by atoms with van der Waals surface area (Å²) >= 11 is 0. The molecule has 172 valence electrons. The Morgan fingerprint density at radius 2 is 1.93 bits per heavy atom. The van der Waals surface area contributed by atoms with Gasteiger partial charge in [-0.1, -0.05) is 56.6 Å².